The molecular weight excluding hydrogens is 200 g/mol. The molecule has 0 saturated heterocycles. The highest BCUT2D eigenvalue weighted by molar-refractivity contribution is 5.18. The van der Waals surface area contributed by atoms with E-state index in [0.717, 1.165) is 12.6 Å². The van der Waals surface area contributed by atoms with Crippen LogP contribution in [0.1, 0.15) is 12.5 Å². The van der Waals surface area contributed by atoms with E-state index in [9.17, 15) is 8.78 Å². The van der Waals surface area contributed by atoms with Crippen molar-refractivity contribution in [3.05, 3.63) is 35.4 Å². The van der Waals surface area contributed by atoms with Gasteiger partial charge in [-0.25, -0.2) is 8.78 Å². The summed E-state index contributed by atoms with van der Waals surface area (Å²) in [5.41, 5.74) is 0.451. The van der Waals surface area contributed by atoms with Gasteiger partial charge in [0, 0.05) is 24.7 Å². The molecule has 84 valence electrons. The summed E-state index contributed by atoms with van der Waals surface area (Å²) in [4.78, 5) is 1.89. The first-order chi connectivity index (χ1) is 7.17. The van der Waals surface area contributed by atoms with Gasteiger partial charge in [-0.05, 0) is 12.6 Å². The predicted molar refractivity (Wildman–Crippen MR) is 54.4 cm³/mol. The SMILES string of the molecule is CCN(CCO)Cc1ccc(F)cc1F. The molecule has 2 nitrogen and oxygen atoms in total. The van der Waals surface area contributed by atoms with Crippen molar-refractivity contribution in [2.45, 2.75) is 13.5 Å². The van der Waals surface area contributed by atoms with E-state index in [0.29, 0.717) is 18.7 Å². The Kier molecular flexibility index (Phi) is 4.65. The average Bonchev–Trinajstić information content (AvgIpc) is 2.21. The molecule has 0 heterocycles. The fourth-order valence-corrected chi connectivity index (χ4v) is 1.38. The summed E-state index contributed by atoms with van der Waals surface area (Å²) in [6, 6.07) is 3.55. The van der Waals surface area contributed by atoms with Crippen molar-refractivity contribution in [3.8, 4) is 0 Å². The van der Waals surface area contributed by atoms with E-state index in [1.54, 1.807) is 0 Å². The number of halogens is 2. The molecule has 1 N–H and O–H groups in total. The first kappa shape index (κ1) is 12.1. The van der Waals surface area contributed by atoms with E-state index in [2.05, 4.69) is 0 Å². The monoisotopic (exact) mass is 215 g/mol. The first-order valence-electron chi connectivity index (χ1n) is 4.94. The van der Waals surface area contributed by atoms with Crippen LogP contribution in [0.2, 0.25) is 0 Å². The van der Waals surface area contributed by atoms with E-state index in [1.807, 2.05) is 11.8 Å². The second-order valence-corrected chi connectivity index (χ2v) is 3.33. The quantitative estimate of drug-likeness (QED) is 0.809. The zero-order chi connectivity index (χ0) is 11.3. The van der Waals surface area contributed by atoms with Crippen LogP contribution in [0, 0.1) is 11.6 Å². The second kappa shape index (κ2) is 5.78. The molecule has 0 bridgehead atoms. The van der Waals surface area contributed by atoms with Crippen LogP contribution in [-0.2, 0) is 6.54 Å². The average molecular weight is 215 g/mol. The molecule has 0 fully saturated rings. The second-order valence-electron chi connectivity index (χ2n) is 3.33. The number of hydrogen-bond acceptors (Lipinski definition) is 2. The minimum absolute atomic E-state index is 0.0383. The Labute approximate surface area is 88.1 Å². The summed E-state index contributed by atoms with van der Waals surface area (Å²) in [5.74, 6) is -1.10. The molecule has 15 heavy (non-hydrogen) atoms. The van der Waals surface area contributed by atoms with Gasteiger partial charge < -0.3 is 5.11 Å². The van der Waals surface area contributed by atoms with Crippen molar-refractivity contribution in [1.29, 1.82) is 0 Å². The van der Waals surface area contributed by atoms with Crippen molar-refractivity contribution in [2.24, 2.45) is 0 Å². The standard InChI is InChI=1S/C11H15F2NO/c1-2-14(5-6-15)8-9-3-4-10(12)7-11(9)13/h3-4,7,15H,2,5-6,8H2,1H3. The molecule has 1 aromatic carbocycles. The summed E-state index contributed by atoms with van der Waals surface area (Å²) in [5, 5.41) is 8.76. The molecule has 0 unspecified atom stereocenters. The maximum atomic E-state index is 13.3. The molecular formula is C11H15F2NO. The Morgan fingerprint density at radius 2 is 2.07 bits per heavy atom. The molecule has 0 saturated carbocycles. The van der Waals surface area contributed by atoms with Crippen molar-refractivity contribution in [2.75, 3.05) is 19.7 Å². The van der Waals surface area contributed by atoms with E-state index in [1.165, 1.54) is 12.1 Å². The fourth-order valence-electron chi connectivity index (χ4n) is 1.38. The molecule has 0 radical (unpaired) electrons. The van der Waals surface area contributed by atoms with Crippen LogP contribution in [0.15, 0.2) is 18.2 Å². The molecule has 0 aliphatic heterocycles. The maximum Gasteiger partial charge on any atom is 0.130 e. The van der Waals surface area contributed by atoms with Crippen molar-refractivity contribution in [1.82, 2.24) is 4.90 Å². The molecule has 0 atom stereocenters. The van der Waals surface area contributed by atoms with Gasteiger partial charge in [0.15, 0.2) is 0 Å². The summed E-state index contributed by atoms with van der Waals surface area (Å²) >= 11 is 0. The van der Waals surface area contributed by atoms with Gasteiger partial charge in [0.1, 0.15) is 11.6 Å². The van der Waals surface area contributed by atoms with Crippen LogP contribution in [0.4, 0.5) is 8.78 Å². The minimum atomic E-state index is -0.568. The highest BCUT2D eigenvalue weighted by Crippen LogP contribution is 2.11. The first-order valence-corrected chi connectivity index (χ1v) is 4.94. The third-order valence-electron chi connectivity index (χ3n) is 2.27. The normalized spacial score (nSPS) is 11.0. The fraction of sp³-hybridized carbons (Fsp3) is 0.455. The highest BCUT2D eigenvalue weighted by Gasteiger charge is 2.08. The molecule has 0 aliphatic rings. The molecule has 0 aliphatic carbocycles. The largest absolute Gasteiger partial charge is 0.395 e. The van der Waals surface area contributed by atoms with Crippen LogP contribution in [-0.4, -0.2) is 29.7 Å². The minimum Gasteiger partial charge on any atom is -0.395 e. The van der Waals surface area contributed by atoms with Gasteiger partial charge in [-0.1, -0.05) is 13.0 Å². The zero-order valence-electron chi connectivity index (χ0n) is 8.71. The Morgan fingerprint density at radius 3 is 2.60 bits per heavy atom. The van der Waals surface area contributed by atoms with Gasteiger partial charge in [-0.2, -0.15) is 0 Å². The Bertz CT molecular complexity index is 317. The molecule has 1 aromatic rings. The number of benzene rings is 1. The maximum absolute atomic E-state index is 13.3. The van der Waals surface area contributed by atoms with Crippen LogP contribution in [0.3, 0.4) is 0 Å². The zero-order valence-corrected chi connectivity index (χ0v) is 8.71. The molecule has 4 heteroatoms. The third kappa shape index (κ3) is 3.57. The Hall–Kier alpha value is -1.00. The van der Waals surface area contributed by atoms with E-state index >= 15 is 0 Å². The lowest BCUT2D eigenvalue weighted by molar-refractivity contribution is 0.195. The number of nitrogens with zero attached hydrogens (tertiary/aromatic N) is 1. The van der Waals surface area contributed by atoms with Gasteiger partial charge in [0.05, 0.1) is 6.61 Å². The van der Waals surface area contributed by atoms with Crippen LogP contribution < -0.4 is 0 Å². The molecule has 1 rings (SSSR count). The number of aliphatic hydroxyl groups is 1. The van der Waals surface area contributed by atoms with Crippen molar-refractivity contribution < 1.29 is 13.9 Å². The smallest absolute Gasteiger partial charge is 0.130 e. The van der Waals surface area contributed by atoms with E-state index in [-0.39, 0.29) is 6.61 Å². The highest BCUT2D eigenvalue weighted by atomic mass is 19.1. The van der Waals surface area contributed by atoms with Gasteiger partial charge in [-0.3, -0.25) is 4.90 Å². The Balaban J connectivity index is 2.70. The number of hydrogen-bond donors (Lipinski definition) is 1. The third-order valence-corrected chi connectivity index (χ3v) is 2.27. The lowest BCUT2D eigenvalue weighted by atomic mass is 10.2. The van der Waals surface area contributed by atoms with E-state index < -0.39 is 11.6 Å². The Morgan fingerprint density at radius 1 is 1.33 bits per heavy atom. The lowest BCUT2D eigenvalue weighted by Gasteiger charge is -2.19. The summed E-state index contributed by atoms with van der Waals surface area (Å²) in [7, 11) is 0. The number of likely N-dealkylation sites (N-methyl/N-ethyl adjacent to an activating group) is 1. The molecule has 0 amide bonds. The lowest BCUT2D eigenvalue weighted by Crippen LogP contribution is -2.26. The van der Waals surface area contributed by atoms with Gasteiger partial charge >= 0.3 is 0 Å². The van der Waals surface area contributed by atoms with Crippen molar-refractivity contribution >= 4 is 0 Å². The molecule has 0 aromatic heterocycles. The van der Waals surface area contributed by atoms with Gasteiger partial charge in [0.2, 0.25) is 0 Å². The van der Waals surface area contributed by atoms with Crippen LogP contribution >= 0.6 is 0 Å². The number of aliphatic hydroxyl groups excluding tert-OH is 1. The van der Waals surface area contributed by atoms with Gasteiger partial charge in [0.25, 0.3) is 0 Å². The number of rotatable bonds is 5. The van der Waals surface area contributed by atoms with E-state index in [4.69, 9.17) is 5.11 Å². The van der Waals surface area contributed by atoms with Gasteiger partial charge in [-0.15, -0.1) is 0 Å². The van der Waals surface area contributed by atoms with Crippen LogP contribution in [0.5, 0.6) is 0 Å². The van der Waals surface area contributed by atoms with Crippen LogP contribution in [0.25, 0.3) is 0 Å². The summed E-state index contributed by atoms with van der Waals surface area (Å²) in [6.07, 6.45) is 0. The molecule has 0 spiro atoms. The summed E-state index contributed by atoms with van der Waals surface area (Å²) in [6.45, 7) is 3.57. The topological polar surface area (TPSA) is 23.5 Å². The van der Waals surface area contributed by atoms with Crippen molar-refractivity contribution in [3.63, 3.8) is 0 Å². The predicted octanol–water partition coefficient (Wildman–Crippen LogP) is 1.78. The summed E-state index contributed by atoms with van der Waals surface area (Å²) < 4.78 is 25.9.